The first-order chi connectivity index (χ1) is 52.0. The summed E-state index contributed by atoms with van der Waals surface area (Å²) in [6.45, 7) is 3.91. The van der Waals surface area contributed by atoms with Crippen LogP contribution >= 0.6 is 0 Å². The Balaban J connectivity index is 1.68. The Morgan fingerprint density at radius 2 is 0.573 bits per heavy atom. The van der Waals surface area contributed by atoms with Crippen LogP contribution in [0.1, 0.15) is 157 Å². The van der Waals surface area contributed by atoms with Crippen molar-refractivity contribution >= 4 is 107 Å². The molecule has 3 heterocycles. The van der Waals surface area contributed by atoms with Gasteiger partial charge in [-0.2, -0.15) is 0 Å². The zero-order valence-corrected chi connectivity index (χ0v) is 62.7. The maximum atomic E-state index is 14.2. The van der Waals surface area contributed by atoms with Crippen molar-refractivity contribution in [1.82, 2.24) is 78.5 Å². The number of amides is 15. The lowest BCUT2D eigenvalue weighted by atomic mass is 10.1. The van der Waals surface area contributed by atoms with Crippen LogP contribution in [0.5, 0.6) is 0 Å². The predicted molar refractivity (Wildman–Crippen MR) is 385 cm³/mol. The number of carboxylic acids is 3. The quantitative estimate of drug-likeness (QED) is 0.0252. The van der Waals surface area contributed by atoms with Gasteiger partial charge in [0.25, 0.3) is 0 Å². The molecule has 0 spiro atoms. The highest BCUT2D eigenvalue weighted by Crippen LogP contribution is 2.23. The monoisotopic (exact) mass is 1570 g/mol. The molecule has 3 aliphatic heterocycles. The van der Waals surface area contributed by atoms with Crippen LogP contribution in [0.3, 0.4) is 0 Å². The van der Waals surface area contributed by atoms with Gasteiger partial charge in [0.2, 0.25) is 88.6 Å². The molecule has 3 aliphatic rings. The number of nitrogens with zero attached hydrogens (tertiary/aromatic N) is 3. The maximum Gasteiger partial charge on any atom is 0.326 e. The SMILES string of the molecule is C[C@H](N)C(=O)N[C@@H](CCCCN)C(=O)N[C@@H](CO)C(=O)N1CCC[C@H]1C(=O)N[C@@H](C)C(=O)N[C@@H](CCC(=O)O)C(=O)N[C@@H](C)C(=O)N[C@@H](CCCCN)C(=O)N[C@@H](CO)C(=O)N1CCC[C@H]1C(=O)N[C@@H](C)C(=O)N[C@@H](CCC(=O)O)C(=O)N[C@@H](C)C(=O)N[C@@H](CCCCN)C(=O)N[C@@H](CO)C(=O)N1CCC[C@H]1C(=O)O. The molecular formula is C67H113N19O24. The molecule has 0 aliphatic carbocycles. The summed E-state index contributed by atoms with van der Waals surface area (Å²) in [6.07, 6.45) is 0.653. The lowest BCUT2D eigenvalue weighted by Crippen LogP contribution is -2.60. The van der Waals surface area contributed by atoms with Gasteiger partial charge in [-0.05, 0) is 163 Å². The highest BCUT2D eigenvalue weighted by atomic mass is 16.4. The van der Waals surface area contributed by atoms with Crippen molar-refractivity contribution in [3.63, 3.8) is 0 Å². The standard InChI is InChI=1S/C67H113N19O24/c1-34(71)52(94)76-39(15-6-9-25-68)59(101)81-44(31-87)64(106)84-28-12-18-47(84)62(104)74-37(4)55(97)79-42(21-23-50(90)91)57(99)72-35(2)53(95)77-40(16-7-10-26-69)60(102)82-45(32-88)65(107)85-29-13-19-48(85)63(105)75-38(5)56(98)80-43(22-24-51(92)93)58(100)73-36(3)54(96)78-41(17-8-11-27-70)61(103)83-46(33-89)66(108)86-30-14-20-49(86)67(109)110/h34-49,87-89H,6-33,68-71H2,1-5H3,(H,72,99)(H,73,100)(H,74,104)(H,75,105)(H,76,94)(H,77,95)(H,78,96)(H,79,97)(H,80,98)(H,81,101)(H,82,102)(H,83,103)(H,90,91)(H,92,93)(H,109,110)/t34-,35-,36-,37-,38-,39-,40-,41-,42-,43-,44-,45-,46-,47-,48-,49-/m0/s1. The number of carbonyl (C=O) groups excluding carboxylic acids is 15. The van der Waals surface area contributed by atoms with Crippen LogP contribution in [0.4, 0.5) is 0 Å². The molecule has 110 heavy (non-hydrogen) atoms. The van der Waals surface area contributed by atoms with E-state index < -0.39 is 249 Å². The Morgan fingerprint density at radius 3 is 0.836 bits per heavy atom. The minimum absolute atomic E-state index is 0.000472. The molecule has 43 nitrogen and oxygen atoms in total. The van der Waals surface area contributed by atoms with E-state index in [2.05, 4.69) is 63.8 Å². The fraction of sp³-hybridized carbons (Fsp3) is 0.731. The predicted octanol–water partition coefficient (Wildman–Crippen LogP) is -9.62. The van der Waals surface area contributed by atoms with E-state index >= 15 is 0 Å². The van der Waals surface area contributed by atoms with Crippen molar-refractivity contribution in [2.24, 2.45) is 22.9 Å². The molecule has 15 amide bonds. The molecule has 0 aromatic rings. The van der Waals surface area contributed by atoms with Crippen LogP contribution in [0.15, 0.2) is 0 Å². The normalized spacial score (nSPS) is 18.9. The molecule has 620 valence electrons. The third-order valence-electron chi connectivity index (χ3n) is 18.6. The number of aliphatic hydroxyl groups is 3. The fourth-order valence-corrected chi connectivity index (χ4v) is 12.2. The molecular weight excluding hydrogens is 1450 g/mol. The van der Waals surface area contributed by atoms with Gasteiger partial charge in [0.15, 0.2) is 0 Å². The van der Waals surface area contributed by atoms with Gasteiger partial charge < -0.3 is 132 Å². The summed E-state index contributed by atoms with van der Waals surface area (Å²) >= 11 is 0. The van der Waals surface area contributed by atoms with E-state index in [1.807, 2.05) is 0 Å². The van der Waals surface area contributed by atoms with Gasteiger partial charge >= 0.3 is 17.9 Å². The first kappa shape index (κ1) is 94.4. The van der Waals surface area contributed by atoms with E-state index in [9.17, 15) is 117 Å². The summed E-state index contributed by atoms with van der Waals surface area (Å²) in [6, 6.07) is -23.0. The lowest BCUT2D eigenvalue weighted by molar-refractivity contribution is -0.150. The number of hydrogen-bond donors (Lipinski definition) is 22. The van der Waals surface area contributed by atoms with Gasteiger partial charge in [0, 0.05) is 32.5 Å². The van der Waals surface area contributed by atoms with Gasteiger partial charge in [-0.25, -0.2) is 4.79 Å². The molecule has 0 radical (unpaired) electrons. The minimum Gasteiger partial charge on any atom is -0.481 e. The van der Waals surface area contributed by atoms with Crippen LogP contribution in [0, 0.1) is 0 Å². The molecule has 26 N–H and O–H groups in total. The number of aliphatic hydroxyl groups excluding tert-OH is 3. The highest BCUT2D eigenvalue weighted by Gasteiger charge is 2.43. The minimum atomic E-state index is -1.76. The first-order valence-electron chi connectivity index (χ1n) is 36.9. The largest absolute Gasteiger partial charge is 0.481 e. The first-order valence-corrected chi connectivity index (χ1v) is 36.9. The van der Waals surface area contributed by atoms with Crippen LogP contribution in [-0.2, 0) is 86.3 Å². The number of aliphatic carboxylic acids is 3. The maximum absolute atomic E-state index is 14.2. The average molecular weight is 1570 g/mol. The Labute approximate surface area is 635 Å². The smallest absolute Gasteiger partial charge is 0.326 e. The number of nitrogens with one attached hydrogen (secondary N) is 12. The molecule has 0 saturated carbocycles. The van der Waals surface area contributed by atoms with Crippen molar-refractivity contribution in [2.75, 3.05) is 59.1 Å². The number of unbranched alkanes of at least 4 members (excludes halogenated alkanes) is 3. The van der Waals surface area contributed by atoms with Crippen molar-refractivity contribution < 1.29 is 117 Å². The Hall–Kier alpha value is -9.82. The topological polar surface area (TPSA) is 687 Å². The molecule has 3 saturated heterocycles. The summed E-state index contributed by atoms with van der Waals surface area (Å²) < 4.78 is 0. The summed E-state index contributed by atoms with van der Waals surface area (Å²) in [5.41, 5.74) is 22.6. The van der Waals surface area contributed by atoms with E-state index in [-0.39, 0.29) is 96.9 Å². The van der Waals surface area contributed by atoms with E-state index in [0.717, 1.165) is 14.7 Å². The van der Waals surface area contributed by atoms with E-state index in [1.54, 1.807) is 0 Å². The Kier molecular flexibility index (Phi) is 41.2. The molecule has 3 rings (SSSR count). The Morgan fingerprint density at radius 1 is 0.327 bits per heavy atom. The molecule has 0 aromatic carbocycles. The lowest BCUT2D eigenvalue weighted by Gasteiger charge is -2.30. The second-order valence-corrected chi connectivity index (χ2v) is 27.4. The third kappa shape index (κ3) is 30.2. The van der Waals surface area contributed by atoms with Gasteiger partial charge in [-0.3, -0.25) is 81.5 Å². The summed E-state index contributed by atoms with van der Waals surface area (Å²) in [7, 11) is 0. The average Bonchev–Trinajstić information content (AvgIpc) is 1.65. The van der Waals surface area contributed by atoms with Crippen molar-refractivity contribution in [1.29, 1.82) is 0 Å². The van der Waals surface area contributed by atoms with Crippen LogP contribution < -0.4 is 86.7 Å². The molecule has 0 bridgehead atoms. The zero-order chi connectivity index (χ0) is 82.6. The zero-order valence-electron chi connectivity index (χ0n) is 62.7. The molecule has 0 aromatic heterocycles. The van der Waals surface area contributed by atoms with Crippen LogP contribution in [0.25, 0.3) is 0 Å². The molecule has 0 unspecified atom stereocenters. The second-order valence-electron chi connectivity index (χ2n) is 27.4. The van der Waals surface area contributed by atoms with Gasteiger partial charge in [-0.1, -0.05) is 0 Å². The van der Waals surface area contributed by atoms with Gasteiger partial charge in [0.05, 0.1) is 25.9 Å². The number of likely N-dealkylation sites (tertiary alicyclic amines) is 3. The number of carbonyl (C=O) groups is 18. The third-order valence-corrected chi connectivity index (χ3v) is 18.6. The molecule has 3 fully saturated rings. The fourth-order valence-electron chi connectivity index (χ4n) is 12.2. The van der Waals surface area contributed by atoms with E-state index in [4.69, 9.17) is 22.9 Å². The molecule has 43 heteroatoms. The number of rotatable bonds is 49. The second kappa shape index (κ2) is 48.0. The van der Waals surface area contributed by atoms with Crippen molar-refractivity contribution in [3.05, 3.63) is 0 Å². The van der Waals surface area contributed by atoms with E-state index in [1.165, 1.54) is 34.6 Å². The van der Waals surface area contributed by atoms with Gasteiger partial charge in [0.1, 0.15) is 90.6 Å². The van der Waals surface area contributed by atoms with Crippen LogP contribution in [0.2, 0.25) is 0 Å². The summed E-state index contributed by atoms with van der Waals surface area (Å²) in [5.74, 6) is -18.2. The van der Waals surface area contributed by atoms with Gasteiger partial charge in [-0.15, -0.1) is 0 Å². The summed E-state index contributed by atoms with van der Waals surface area (Å²) in [5, 5.41) is 88.4. The van der Waals surface area contributed by atoms with Crippen molar-refractivity contribution in [2.45, 2.75) is 253 Å². The highest BCUT2D eigenvalue weighted by molar-refractivity contribution is 6.01. The molecule has 16 atom stereocenters. The van der Waals surface area contributed by atoms with Crippen LogP contribution in [-0.4, -0.2) is 308 Å². The number of hydrogen-bond acceptors (Lipinski definition) is 25. The number of carboxylic acid groups (broad SMARTS) is 3. The van der Waals surface area contributed by atoms with E-state index in [0.29, 0.717) is 38.6 Å². The Bertz CT molecular complexity index is 3220. The summed E-state index contributed by atoms with van der Waals surface area (Å²) in [4.78, 5) is 243. The van der Waals surface area contributed by atoms with Crippen molar-refractivity contribution in [3.8, 4) is 0 Å². The number of nitrogens with two attached hydrogens (primary N) is 4.